The number of halogens is 1. The Labute approximate surface area is 111 Å². The van der Waals surface area contributed by atoms with Gasteiger partial charge < -0.3 is 10.6 Å². The van der Waals surface area contributed by atoms with E-state index in [1.54, 1.807) is 4.90 Å². The van der Waals surface area contributed by atoms with Crippen molar-refractivity contribution >= 4 is 23.4 Å². The minimum atomic E-state index is -0.507. The molecular formula is C13H17FN2OS. The van der Waals surface area contributed by atoms with Crippen LogP contribution < -0.4 is 5.73 Å². The molecule has 1 aromatic carbocycles. The summed E-state index contributed by atoms with van der Waals surface area (Å²) in [5.74, 6) is -0.772. The molecule has 2 unspecified atom stereocenters. The summed E-state index contributed by atoms with van der Waals surface area (Å²) in [5.41, 5.74) is 6.09. The Morgan fingerprint density at radius 1 is 1.39 bits per heavy atom. The lowest BCUT2D eigenvalue weighted by atomic mass is 10.1. The maximum Gasteiger partial charge on any atom is 0.256 e. The van der Waals surface area contributed by atoms with Crippen molar-refractivity contribution in [2.24, 2.45) is 0 Å². The fraction of sp³-hybridized carbons (Fsp3) is 0.462. The monoisotopic (exact) mass is 268 g/mol. The molecule has 0 spiro atoms. The number of nitrogens with zero attached hydrogens (tertiary/aromatic N) is 1. The number of carbonyl (C=O) groups excluding carboxylic acids is 1. The van der Waals surface area contributed by atoms with E-state index in [0.717, 1.165) is 0 Å². The molecule has 3 nitrogen and oxygen atoms in total. The Bertz CT molecular complexity index is 456. The number of thioether (sulfide) groups is 1. The maximum absolute atomic E-state index is 13.7. The van der Waals surface area contributed by atoms with Crippen molar-refractivity contribution in [1.82, 2.24) is 4.90 Å². The molecule has 2 atom stereocenters. The standard InChI is InChI=1S/C13H17FN2OS/c1-8-6-16(7-9(2)18-8)13(17)11-5-10(15)3-4-12(11)14/h3-5,8-9H,6-7,15H2,1-2H3. The fourth-order valence-electron chi connectivity index (χ4n) is 2.22. The Balaban J connectivity index is 2.22. The molecule has 0 saturated carbocycles. The van der Waals surface area contributed by atoms with Crippen LogP contribution in [0.3, 0.4) is 0 Å². The van der Waals surface area contributed by atoms with Gasteiger partial charge >= 0.3 is 0 Å². The van der Waals surface area contributed by atoms with Crippen LogP contribution in [0.2, 0.25) is 0 Å². The Kier molecular flexibility index (Phi) is 3.80. The van der Waals surface area contributed by atoms with Crippen molar-refractivity contribution in [3.05, 3.63) is 29.6 Å². The number of rotatable bonds is 1. The first-order valence-corrected chi connectivity index (χ1v) is 6.91. The highest BCUT2D eigenvalue weighted by Crippen LogP contribution is 2.26. The summed E-state index contributed by atoms with van der Waals surface area (Å²) in [6, 6.07) is 4.12. The number of amides is 1. The van der Waals surface area contributed by atoms with Crippen LogP contribution in [0.4, 0.5) is 10.1 Å². The highest BCUT2D eigenvalue weighted by atomic mass is 32.2. The smallest absolute Gasteiger partial charge is 0.256 e. The van der Waals surface area contributed by atoms with Crippen LogP contribution in [0.5, 0.6) is 0 Å². The van der Waals surface area contributed by atoms with Crippen molar-refractivity contribution in [3.63, 3.8) is 0 Å². The molecule has 18 heavy (non-hydrogen) atoms. The van der Waals surface area contributed by atoms with E-state index in [1.807, 2.05) is 11.8 Å². The molecule has 1 fully saturated rings. The predicted molar refractivity (Wildman–Crippen MR) is 73.2 cm³/mol. The van der Waals surface area contributed by atoms with Gasteiger partial charge in [0, 0.05) is 29.3 Å². The average Bonchev–Trinajstić information content (AvgIpc) is 2.30. The molecule has 1 aromatic rings. The number of anilines is 1. The third-order valence-corrected chi connectivity index (χ3v) is 4.16. The lowest BCUT2D eigenvalue weighted by Crippen LogP contribution is -2.44. The van der Waals surface area contributed by atoms with E-state index in [-0.39, 0.29) is 11.5 Å². The average molecular weight is 268 g/mol. The van der Waals surface area contributed by atoms with Gasteiger partial charge in [-0.25, -0.2) is 4.39 Å². The first kappa shape index (κ1) is 13.2. The molecule has 0 aromatic heterocycles. The summed E-state index contributed by atoms with van der Waals surface area (Å²) in [5, 5.41) is 0.753. The van der Waals surface area contributed by atoms with E-state index in [2.05, 4.69) is 13.8 Å². The number of benzene rings is 1. The van der Waals surface area contributed by atoms with Crippen molar-refractivity contribution < 1.29 is 9.18 Å². The summed E-state index contributed by atoms with van der Waals surface area (Å²) in [6.07, 6.45) is 0. The molecule has 0 radical (unpaired) electrons. The minimum absolute atomic E-state index is 0.0706. The minimum Gasteiger partial charge on any atom is -0.399 e. The first-order chi connectivity index (χ1) is 8.47. The van der Waals surface area contributed by atoms with Crippen LogP contribution in [0.25, 0.3) is 0 Å². The fourth-order valence-corrected chi connectivity index (χ4v) is 3.55. The van der Waals surface area contributed by atoms with Crippen LogP contribution >= 0.6 is 11.8 Å². The molecule has 98 valence electrons. The second kappa shape index (κ2) is 5.18. The topological polar surface area (TPSA) is 46.3 Å². The van der Waals surface area contributed by atoms with Crippen LogP contribution in [0.15, 0.2) is 18.2 Å². The number of nitrogen functional groups attached to an aromatic ring is 1. The highest BCUT2D eigenvalue weighted by molar-refractivity contribution is 8.00. The van der Waals surface area contributed by atoms with E-state index < -0.39 is 5.82 Å². The van der Waals surface area contributed by atoms with E-state index >= 15 is 0 Å². The summed E-state index contributed by atoms with van der Waals surface area (Å²) in [6.45, 7) is 5.47. The van der Waals surface area contributed by atoms with Gasteiger partial charge in [-0.05, 0) is 18.2 Å². The highest BCUT2D eigenvalue weighted by Gasteiger charge is 2.27. The largest absolute Gasteiger partial charge is 0.399 e. The second-order valence-corrected chi connectivity index (χ2v) is 6.59. The van der Waals surface area contributed by atoms with Gasteiger partial charge in [0.05, 0.1) is 5.56 Å². The van der Waals surface area contributed by atoms with Crippen molar-refractivity contribution in [2.75, 3.05) is 18.8 Å². The summed E-state index contributed by atoms with van der Waals surface area (Å²) >= 11 is 1.85. The van der Waals surface area contributed by atoms with E-state index in [1.165, 1.54) is 18.2 Å². The zero-order valence-corrected chi connectivity index (χ0v) is 11.3. The zero-order valence-electron chi connectivity index (χ0n) is 10.5. The second-order valence-electron chi connectivity index (χ2n) is 4.71. The molecule has 1 aliphatic heterocycles. The molecule has 0 aliphatic carbocycles. The van der Waals surface area contributed by atoms with E-state index in [0.29, 0.717) is 29.3 Å². The molecule has 1 heterocycles. The van der Waals surface area contributed by atoms with Crippen molar-refractivity contribution in [3.8, 4) is 0 Å². The van der Waals surface area contributed by atoms with E-state index in [4.69, 9.17) is 5.73 Å². The Morgan fingerprint density at radius 2 is 2.00 bits per heavy atom. The van der Waals surface area contributed by atoms with Gasteiger partial charge in [0.25, 0.3) is 5.91 Å². The van der Waals surface area contributed by atoms with Crippen LogP contribution in [0, 0.1) is 5.82 Å². The lowest BCUT2D eigenvalue weighted by molar-refractivity contribution is 0.0748. The van der Waals surface area contributed by atoms with Crippen molar-refractivity contribution in [1.29, 1.82) is 0 Å². The van der Waals surface area contributed by atoms with E-state index in [9.17, 15) is 9.18 Å². The lowest BCUT2D eigenvalue weighted by Gasteiger charge is -2.34. The van der Waals surface area contributed by atoms with Crippen LogP contribution in [-0.2, 0) is 0 Å². The molecule has 5 heteroatoms. The third kappa shape index (κ3) is 2.77. The first-order valence-electron chi connectivity index (χ1n) is 5.97. The molecule has 0 bridgehead atoms. The van der Waals surface area contributed by atoms with Gasteiger partial charge in [-0.3, -0.25) is 4.79 Å². The number of hydrogen-bond acceptors (Lipinski definition) is 3. The van der Waals surface area contributed by atoms with Crippen molar-refractivity contribution in [2.45, 2.75) is 24.3 Å². The van der Waals surface area contributed by atoms with Crippen LogP contribution in [-0.4, -0.2) is 34.4 Å². The predicted octanol–water partition coefficient (Wildman–Crippen LogP) is 2.37. The molecule has 1 saturated heterocycles. The summed E-state index contributed by atoms with van der Waals surface area (Å²) in [4.78, 5) is 14.0. The zero-order chi connectivity index (χ0) is 13.3. The van der Waals surface area contributed by atoms with Gasteiger partial charge in [-0.2, -0.15) is 11.8 Å². The molecule has 2 N–H and O–H groups in total. The maximum atomic E-state index is 13.7. The van der Waals surface area contributed by atoms with Gasteiger partial charge in [-0.15, -0.1) is 0 Å². The van der Waals surface area contributed by atoms with Gasteiger partial charge in [-0.1, -0.05) is 13.8 Å². The quantitative estimate of drug-likeness (QED) is 0.795. The molecule has 2 rings (SSSR count). The molecule has 1 aliphatic rings. The number of nitrogens with two attached hydrogens (primary N) is 1. The van der Waals surface area contributed by atoms with Crippen LogP contribution in [0.1, 0.15) is 24.2 Å². The Morgan fingerprint density at radius 3 is 2.61 bits per heavy atom. The van der Waals surface area contributed by atoms with Gasteiger partial charge in [0.2, 0.25) is 0 Å². The third-order valence-electron chi connectivity index (χ3n) is 2.93. The molecule has 1 amide bonds. The number of hydrogen-bond donors (Lipinski definition) is 1. The summed E-state index contributed by atoms with van der Waals surface area (Å²) in [7, 11) is 0. The summed E-state index contributed by atoms with van der Waals surface area (Å²) < 4.78 is 13.7. The Hall–Kier alpha value is -1.23. The molecular weight excluding hydrogens is 251 g/mol. The normalized spacial score (nSPS) is 24.1. The number of carbonyl (C=O) groups is 1. The van der Waals surface area contributed by atoms with Gasteiger partial charge in [0.1, 0.15) is 5.82 Å². The SMILES string of the molecule is CC1CN(C(=O)c2cc(N)ccc2F)CC(C)S1. The van der Waals surface area contributed by atoms with Gasteiger partial charge in [0.15, 0.2) is 0 Å².